The second kappa shape index (κ2) is 8.34. The predicted octanol–water partition coefficient (Wildman–Crippen LogP) is 2.53. The van der Waals surface area contributed by atoms with Crippen molar-refractivity contribution in [2.24, 2.45) is 0 Å². The van der Waals surface area contributed by atoms with E-state index < -0.39 is 0 Å². The van der Waals surface area contributed by atoms with E-state index in [-0.39, 0.29) is 19.1 Å². The van der Waals surface area contributed by atoms with Crippen LogP contribution in [0.1, 0.15) is 22.3 Å². The molecule has 2 aromatic carbocycles. The number of rotatable bonds is 7. The predicted molar refractivity (Wildman–Crippen MR) is 90.5 cm³/mol. The van der Waals surface area contributed by atoms with Crippen LogP contribution in [-0.2, 0) is 17.8 Å². The summed E-state index contributed by atoms with van der Waals surface area (Å²) < 4.78 is 5.84. The molecule has 0 fully saturated rings. The van der Waals surface area contributed by atoms with Crippen molar-refractivity contribution in [2.75, 3.05) is 13.2 Å². The van der Waals surface area contributed by atoms with Crippen LogP contribution in [0.15, 0.2) is 42.5 Å². The van der Waals surface area contributed by atoms with Gasteiger partial charge in [-0.2, -0.15) is 0 Å². The lowest BCUT2D eigenvalue weighted by Gasteiger charge is -2.12. The molecule has 2 rings (SSSR count). The summed E-state index contributed by atoms with van der Waals surface area (Å²) in [7, 11) is 0. The van der Waals surface area contributed by atoms with Gasteiger partial charge in [0.2, 0.25) is 5.91 Å². The SMILES string of the molecule is Cc1cccc(C)c1COc1ccc(CC(=O)NCCO)cc1. The fourth-order valence-corrected chi connectivity index (χ4v) is 2.38. The van der Waals surface area contributed by atoms with Gasteiger partial charge < -0.3 is 15.2 Å². The molecule has 0 radical (unpaired) electrons. The molecule has 23 heavy (non-hydrogen) atoms. The topological polar surface area (TPSA) is 58.6 Å². The van der Waals surface area contributed by atoms with Crippen LogP contribution < -0.4 is 10.1 Å². The standard InChI is InChI=1S/C19H23NO3/c1-14-4-3-5-15(2)18(14)13-23-17-8-6-16(7-9-17)12-19(22)20-10-11-21/h3-9,21H,10-13H2,1-2H3,(H,20,22). The van der Waals surface area contributed by atoms with Crippen LogP contribution in [0.4, 0.5) is 0 Å². The maximum Gasteiger partial charge on any atom is 0.224 e. The monoisotopic (exact) mass is 313 g/mol. The van der Waals surface area contributed by atoms with Crippen LogP contribution in [0.2, 0.25) is 0 Å². The van der Waals surface area contributed by atoms with Gasteiger partial charge in [-0.05, 0) is 48.2 Å². The summed E-state index contributed by atoms with van der Waals surface area (Å²) in [5, 5.41) is 11.3. The van der Waals surface area contributed by atoms with Crippen molar-refractivity contribution in [1.82, 2.24) is 5.32 Å². The second-order valence-electron chi connectivity index (χ2n) is 5.55. The van der Waals surface area contributed by atoms with Crippen molar-refractivity contribution in [1.29, 1.82) is 0 Å². The lowest BCUT2D eigenvalue weighted by molar-refractivity contribution is -0.120. The van der Waals surface area contributed by atoms with Crippen LogP contribution in [0.3, 0.4) is 0 Å². The normalized spacial score (nSPS) is 10.4. The molecular formula is C19H23NO3. The van der Waals surface area contributed by atoms with Crippen LogP contribution in [0.25, 0.3) is 0 Å². The van der Waals surface area contributed by atoms with E-state index in [0.29, 0.717) is 13.0 Å². The van der Waals surface area contributed by atoms with Gasteiger partial charge in [0.15, 0.2) is 0 Å². The molecule has 122 valence electrons. The minimum atomic E-state index is -0.0942. The van der Waals surface area contributed by atoms with Gasteiger partial charge >= 0.3 is 0 Å². The third-order valence-corrected chi connectivity index (χ3v) is 3.75. The first-order valence-electron chi connectivity index (χ1n) is 7.74. The number of benzene rings is 2. The average Bonchev–Trinajstić information content (AvgIpc) is 2.54. The largest absolute Gasteiger partial charge is 0.489 e. The number of aliphatic hydroxyl groups excluding tert-OH is 1. The zero-order chi connectivity index (χ0) is 16.7. The Balaban J connectivity index is 1.91. The van der Waals surface area contributed by atoms with Gasteiger partial charge in [-0.1, -0.05) is 30.3 Å². The summed E-state index contributed by atoms with van der Waals surface area (Å²) in [6, 6.07) is 13.7. The number of aryl methyl sites for hydroxylation is 2. The Morgan fingerprint density at radius 3 is 2.35 bits per heavy atom. The van der Waals surface area contributed by atoms with Crippen molar-refractivity contribution >= 4 is 5.91 Å². The summed E-state index contributed by atoms with van der Waals surface area (Å²) in [5.41, 5.74) is 4.57. The number of hydrogen-bond acceptors (Lipinski definition) is 3. The fraction of sp³-hybridized carbons (Fsp3) is 0.316. The van der Waals surface area contributed by atoms with Crippen molar-refractivity contribution < 1.29 is 14.6 Å². The molecule has 0 atom stereocenters. The molecule has 0 saturated carbocycles. The first-order chi connectivity index (χ1) is 11.1. The van der Waals surface area contributed by atoms with Gasteiger partial charge in [0.1, 0.15) is 12.4 Å². The van der Waals surface area contributed by atoms with E-state index >= 15 is 0 Å². The second-order valence-corrected chi connectivity index (χ2v) is 5.55. The Bertz CT molecular complexity index is 630. The molecule has 0 heterocycles. The average molecular weight is 313 g/mol. The zero-order valence-corrected chi connectivity index (χ0v) is 13.6. The summed E-state index contributed by atoms with van der Waals surface area (Å²) in [4.78, 5) is 11.6. The van der Waals surface area contributed by atoms with E-state index in [1.54, 1.807) is 0 Å². The number of hydrogen-bond donors (Lipinski definition) is 2. The number of aliphatic hydroxyl groups is 1. The molecule has 4 heteroatoms. The van der Waals surface area contributed by atoms with Crippen LogP contribution in [-0.4, -0.2) is 24.2 Å². The molecule has 1 amide bonds. The maximum atomic E-state index is 11.6. The molecule has 0 saturated heterocycles. The summed E-state index contributed by atoms with van der Waals surface area (Å²) in [6.07, 6.45) is 0.303. The van der Waals surface area contributed by atoms with Crippen LogP contribution in [0, 0.1) is 13.8 Å². The number of amides is 1. The van der Waals surface area contributed by atoms with Crippen molar-refractivity contribution in [2.45, 2.75) is 26.9 Å². The Morgan fingerprint density at radius 2 is 1.74 bits per heavy atom. The Kier molecular flexibility index (Phi) is 6.18. The quantitative estimate of drug-likeness (QED) is 0.826. The van der Waals surface area contributed by atoms with Crippen molar-refractivity contribution in [3.8, 4) is 5.75 Å². The van der Waals surface area contributed by atoms with Gasteiger partial charge in [0, 0.05) is 6.54 Å². The lowest BCUT2D eigenvalue weighted by atomic mass is 10.0. The van der Waals surface area contributed by atoms with Gasteiger partial charge in [0.25, 0.3) is 0 Å². The summed E-state index contributed by atoms with van der Waals surface area (Å²) in [6.45, 7) is 4.95. The van der Waals surface area contributed by atoms with Crippen LogP contribution >= 0.6 is 0 Å². The molecule has 4 nitrogen and oxygen atoms in total. The summed E-state index contributed by atoms with van der Waals surface area (Å²) in [5.74, 6) is 0.690. The highest BCUT2D eigenvalue weighted by Crippen LogP contribution is 2.18. The minimum absolute atomic E-state index is 0.0448. The van der Waals surface area contributed by atoms with Crippen molar-refractivity contribution in [3.63, 3.8) is 0 Å². The number of nitrogens with one attached hydrogen (secondary N) is 1. The van der Waals surface area contributed by atoms with E-state index in [0.717, 1.165) is 11.3 Å². The maximum absolute atomic E-state index is 11.6. The first-order valence-corrected chi connectivity index (χ1v) is 7.74. The number of carbonyl (C=O) groups is 1. The van der Waals surface area contributed by atoms with E-state index in [4.69, 9.17) is 9.84 Å². The lowest BCUT2D eigenvalue weighted by Crippen LogP contribution is -2.27. The molecule has 0 aromatic heterocycles. The highest BCUT2D eigenvalue weighted by Gasteiger charge is 2.05. The Morgan fingerprint density at radius 1 is 1.09 bits per heavy atom. The fourth-order valence-electron chi connectivity index (χ4n) is 2.38. The molecule has 0 aliphatic heterocycles. The molecule has 2 N–H and O–H groups in total. The molecule has 0 aliphatic carbocycles. The molecule has 0 bridgehead atoms. The Hall–Kier alpha value is -2.33. The Labute approximate surface area is 137 Å². The van der Waals surface area contributed by atoms with Crippen molar-refractivity contribution in [3.05, 3.63) is 64.7 Å². The minimum Gasteiger partial charge on any atom is -0.489 e. The molecule has 0 spiro atoms. The smallest absolute Gasteiger partial charge is 0.224 e. The number of ether oxygens (including phenoxy) is 1. The van der Waals surface area contributed by atoms with Gasteiger partial charge in [-0.15, -0.1) is 0 Å². The highest BCUT2D eigenvalue weighted by molar-refractivity contribution is 5.78. The number of carbonyl (C=O) groups excluding carboxylic acids is 1. The van der Waals surface area contributed by atoms with Gasteiger partial charge in [-0.25, -0.2) is 0 Å². The molecular weight excluding hydrogens is 290 g/mol. The zero-order valence-electron chi connectivity index (χ0n) is 13.6. The molecule has 0 aliphatic rings. The molecule has 2 aromatic rings. The van der Waals surface area contributed by atoms with Crippen LogP contribution in [0.5, 0.6) is 5.75 Å². The van der Waals surface area contributed by atoms with E-state index in [9.17, 15) is 4.79 Å². The molecule has 0 unspecified atom stereocenters. The first kappa shape index (κ1) is 17.0. The highest BCUT2D eigenvalue weighted by atomic mass is 16.5. The van der Waals surface area contributed by atoms with E-state index in [2.05, 4.69) is 31.3 Å². The van der Waals surface area contributed by atoms with Gasteiger partial charge in [-0.3, -0.25) is 4.79 Å². The summed E-state index contributed by atoms with van der Waals surface area (Å²) >= 11 is 0. The van der Waals surface area contributed by atoms with E-state index in [1.165, 1.54) is 16.7 Å². The third-order valence-electron chi connectivity index (χ3n) is 3.75. The third kappa shape index (κ3) is 5.11. The van der Waals surface area contributed by atoms with E-state index in [1.807, 2.05) is 30.3 Å². The van der Waals surface area contributed by atoms with Gasteiger partial charge in [0.05, 0.1) is 13.0 Å².